The van der Waals surface area contributed by atoms with Gasteiger partial charge in [-0.3, -0.25) is 4.90 Å². The van der Waals surface area contributed by atoms with E-state index in [1.165, 1.54) is 5.56 Å². The quantitative estimate of drug-likeness (QED) is 0.902. The summed E-state index contributed by atoms with van der Waals surface area (Å²) in [5, 5.41) is 0.778. The third-order valence-corrected chi connectivity index (χ3v) is 3.93. The zero-order valence-electron chi connectivity index (χ0n) is 12.1. The lowest BCUT2D eigenvalue weighted by atomic mass is 9.85. The minimum Gasteiger partial charge on any atom is -0.329 e. The molecule has 0 aliphatic heterocycles. The molecule has 2 N–H and O–H groups in total. The number of nitrogens with two attached hydrogens (primary N) is 1. The van der Waals surface area contributed by atoms with Crippen molar-refractivity contribution in [2.75, 3.05) is 13.6 Å². The Hall–Kier alpha value is -0.570. The Bertz CT molecular complexity index is 367. The molecule has 1 aromatic rings. The summed E-state index contributed by atoms with van der Waals surface area (Å²) in [5.41, 5.74) is 7.38. The van der Waals surface area contributed by atoms with Crippen LogP contribution in [0.15, 0.2) is 24.3 Å². The molecule has 0 heterocycles. The van der Waals surface area contributed by atoms with Crippen LogP contribution in [0.1, 0.15) is 39.3 Å². The fraction of sp³-hybridized carbons (Fsp3) is 0.600. The molecular weight excluding hydrogens is 244 g/mol. The molecule has 3 heteroatoms. The van der Waals surface area contributed by atoms with Gasteiger partial charge in [0.1, 0.15) is 0 Å². The van der Waals surface area contributed by atoms with E-state index in [-0.39, 0.29) is 5.41 Å². The van der Waals surface area contributed by atoms with E-state index >= 15 is 0 Å². The maximum absolute atomic E-state index is 5.94. The fourth-order valence-electron chi connectivity index (χ4n) is 2.38. The second kappa shape index (κ2) is 6.05. The van der Waals surface area contributed by atoms with Gasteiger partial charge in [0, 0.05) is 23.7 Å². The fourth-order valence-corrected chi connectivity index (χ4v) is 2.50. The Kier molecular flexibility index (Phi) is 5.20. The molecule has 0 saturated heterocycles. The lowest BCUT2D eigenvalue weighted by Crippen LogP contribution is -2.47. The molecule has 0 aliphatic rings. The van der Waals surface area contributed by atoms with Gasteiger partial charge < -0.3 is 5.73 Å². The smallest absolute Gasteiger partial charge is 0.0406 e. The minimum atomic E-state index is 0.171. The van der Waals surface area contributed by atoms with E-state index in [1.807, 2.05) is 12.1 Å². The highest BCUT2D eigenvalue weighted by Gasteiger charge is 2.29. The highest BCUT2D eigenvalue weighted by molar-refractivity contribution is 6.30. The van der Waals surface area contributed by atoms with E-state index in [1.54, 1.807) is 0 Å². The molecule has 18 heavy (non-hydrogen) atoms. The lowest BCUT2D eigenvalue weighted by molar-refractivity contribution is 0.0967. The summed E-state index contributed by atoms with van der Waals surface area (Å²) in [5.74, 6) is 0. The van der Waals surface area contributed by atoms with Crippen LogP contribution in [-0.2, 0) is 0 Å². The minimum absolute atomic E-state index is 0.171. The molecule has 0 amide bonds. The summed E-state index contributed by atoms with van der Waals surface area (Å²) in [6, 6.07) is 8.73. The van der Waals surface area contributed by atoms with Crippen LogP contribution in [0.5, 0.6) is 0 Å². The molecule has 0 fully saturated rings. The average Bonchev–Trinajstić information content (AvgIpc) is 2.28. The lowest BCUT2D eigenvalue weighted by Gasteiger charge is -2.40. The summed E-state index contributed by atoms with van der Waals surface area (Å²) < 4.78 is 0. The Morgan fingerprint density at radius 3 is 2.11 bits per heavy atom. The zero-order chi connectivity index (χ0) is 13.9. The molecule has 102 valence electrons. The van der Waals surface area contributed by atoms with Gasteiger partial charge in [-0.15, -0.1) is 0 Å². The van der Waals surface area contributed by atoms with Crippen molar-refractivity contribution in [3.8, 4) is 0 Å². The molecule has 2 atom stereocenters. The molecule has 0 spiro atoms. The van der Waals surface area contributed by atoms with Gasteiger partial charge in [0.05, 0.1) is 0 Å². The van der Waals surface area contributed by atoms with Gasteiger partial charge in [-0.05, 0) is 37.1 Å². The first kappa shape index (κ1) is 15.5. The van der Waals surface area contributed by atoms with Crippen LogP contribution >= 0.6 is 11.6 Å². The summed E-state index contributed by atoms with van der Waals surface area (Å²) in [6.07, 6.45) is 0. The predicted octanol–water partition coefficient (Wildman–Crippen LogP) is 3.71. The maximum atomic E-state index is 5.94. The first-order valence-corrected chi connectivity index (χ1v) is 6.82. The molecule has 2 nitrogen and oxygen atoms in total. The van der Waals surface area contributed by atoms with Crippen molar-refractivity contribution in [2.24, 2.45) is 11.1 Å². The first-order valence-electron chi connectivity index (χ1n) is 6.45. The number of likely N-dealkylation sites (N-methyl/N-ethyl adjacent to an activating group) is 1. The average molecular weight is 269 g/mol. The number of rotatable bonds is 4. The predicted molar refractivity (Wildman–Crippen MR) is 79.9 cm³/mol. The Morgan fingerprint density at radius 1 is 1.22 bits per heavy atom. The molecule has 0 aromatic heterocycles. The second-order valence-corrected chi connectivity index (χ2v) is 6.45. The third-order valence-electron chi connectivity index (χ3n) is 3.68. The molecule has 0 aliphatic carbocycles. The van der Waals surface area contributed by atoms with E-state index in [2.05, 4.69) is 51.8 Å². The number of hydrogen-bond donors (Lipinski definition) is 1. The third kappa shape index (κ3) is 3.71. The summed E-state index contributed by atoms with van der Waals surface area (Å²) >= 11 is 5.92. The molecule has 0 bridgehead atoms. The van der Waals surface area contributed by atoms with Gasteiger partial charge in [-0.2, -0.15) is 0 Å². The van der Waals surface area contributed by atoms with Gasteiger partial charge >= 0.3 is 0 Å². The van der Waals surface area contributed by atoms with Crippen LogP contribution in [0.2, 0.25) is 5.02 Å². The van der Waals surface area contributed by atoms with E-state index in [4.69, 9.17) is 17.3 Å². The molecule has 0 saturated carbocycles. The monoisotopic (exact) mass is 268 g/mol. The van der Waals surface area contributed by atoms with Crippen LogP contribution in [0, 0.1) is 5.41 Å². The Labute approximate surface area is 116 Å². The molecule has 1 rings (SSSR count). The zero-order valence-corrected chi connectivity index (χ0v) is 12.8. The summed E-state index contributed by atoms with van der Waals surface area (Å²) in [7, 11) is 2.14. The number of benzene rings is 1. The van der Waals surface area contributed by atoms with Crippen molar-refractivity contribution in [1.82, 2.24) is 4.90 Å². The number of hydrogen-bond acceptors (Lipinski definition) is 2. The topological polar surface area (TPSA) is 29.3 Å². The highest BCUT2D eigenvalue weighted by Crippen LogP contribution is 2.29. The van der Waals surface area contributed by atoms with Gasteiger partial charge in [-0.25, -0.2) is 0 Å². The number of halogens is 1. The first-order chi connectivity index (χ1) is 8.27. The van der Waals surface area contributed by atoms with Crippen molar-refractivity contribution in [2.45, 2.75) is 39.8 Å². The number of nitrogens with zero attached hydrogens (tertiary/aromatic N) is 1. The standard InChI is InChI=1S/C15H25ClN2/c1-11(12-6-8-13(16)9-7-12)18(5)14(10-17)15(2,3)4/h6-9,11,14H,10,17H2,1-5H3. The maximum Gasteiger partial charge on any atom is 0.0406 e. The van der Waals surface area contributed by atoms with Gasteiger partial charge in [0.2, 0.25) is 0 Å². The van der Waals surface area contributed by atoms with Crippen LogP contribution in [0.25, 0.3) is 0 Å². The molecule has 1 aromatic carbocycles. The largest absolute Gasteiger partial charge is 0.329 e. The Balaban J connectivity index is 2.88. The van der Waals surface area contributed by atoms with Crippen LogP contribution in [0.3, 0.4) is 0 Å². The van der Waals surface area contributed by atoms with Crippen molar-refractivity contribution >= 4 is 11.6 Å². The van der Waals surface area contributed by atoms with Crippen molar-refractivity contribution in [3.05, 3.63) is 34.9 Å². The van der Waals surface area contributed by atoms with Crippen molar-refractivity contribution < 1.29 is 0 Å². The van der Waals surface area contributed by atoms with Gasteiger partial charge in [-0.1, -0.05) is 44.5 Å². The van der Waals surface area contributed by atoms with Crippen molar-refractivity contribution in [1.29, 1.82) is 0 Å². The van der Waals surface area contributed by atoms with Gasteiger partial charge in [0.25, 0.3) is 0 Å². The molecule has 0 radical (unpaired) electrons. The SMILES string of the molecule is CC(c1ccc(Cl)cc1)N(C)C(CN)C(C)(C)C. The normalized spacial score (nSPS) is 15.8. The van der Waals surface area contributed by atoms with Crippen LogP contribution in [-0.4, -0.2) is 24.5 Å². The highest BCUT2D eigenvalue weighted by atomic mass is 35.5. The molecule has 2 unspecified atom stereocenters. The molecular formula is C15H25ClN2. The van der Waals surface area contributed by atoms with Gasteiger partial charge in [0.15, 0.2) is 0 Å². The van der Waals surface area contributed by atoms with E-state index in [9.17, 15) is 0 Å². The van der Waals surface area contributed by atoms with Crippen LogP contribution in [0.4, 0.5) is 0 Å². The Morgan fingerprint density at radius 2 is 1.72 bits per heavy atom. The van der Waals surface area contributed by atoms with Crippen LogP contribution < -0.4 is 5.73 Å². The summed E-state index contributed by atoms with van der Waals surface area (Å²) in [6.45, 7) is 9.57. The van der Waals surface area contributed by atoms with E-state index in [0.29, 0.717) is 18.6 Å². The van der Waals surface area contributed by atoms with Crippen molar-refractivity contribution in [3.63, 3.8) is 0 Å². The summed E-state index contributed by atoms with van der Waals surface area (Å²) in [4.78, 5) is 2.35. The van der Waals surface area contributed by atoms with E-state index < -0.39 is 0 Å². The second-order valence-electron chi connectivity index (χ2n) is 6.01. The van der Waals surface area contributed by atoms with E-state index in [0.717, 1.165) is 5.02 Å².